The van der Waals surface area contributed by atoms with E-state index in [2.05, 4.69) is 57.7 Å². The van der Waals surface area contributed by atoms with Crippen LogP contribution in [0.25, 0.3) is 0 Å². The van der Waals surface area contributed by atoms with Crippen molar-refractivity contribution < 1.29 is 4.79 Å². The first-order valence-electron chi connectivity index (χ1n) is 11.0. The molecule has 0 atom stereocenters. The predicted molar refractivity (Wildman–Crippen MR) is 138 cm³/mol. The lowest BCUT2D eigenvalue weighted by molar-refractivity contribution is -0.131. The van der Waals surface area contributed by atoms with E-state index in [1.807, 2.05) is 11.0 Å². The van der Waals surface area contributed by atoms with Crippen molar-refractivity contribution in [2.75, 3.05) is 42.9 Å². The summed E-state index contributed by atoms with van der Waals surface area (Å²) in [4.78, 5) is 21.2. The van der Waals surface area contributed by atoms with E-state index in [4.69, 9.17) is 5.73 Å². The predicted octanol–water partition coefficient (Wildman–Crippen LogP) is 3.65. The number of guanidine groups is 1. The fraction of sp³-hybridized carbons (Fsp3) is 0.417. The Hall–Kier alpha value is -2.29. The summed E-state index contributed by atoms with van der Waals surface area (Å²) in [7, 11) is 0. The second-order valence-corrected chi connectivity index (χ2v) is 8.00. The average Bonchev–Trinajstić information content (AvgIpc) is 2.80. The molecule has 0 aromatic heterocycles. The topological polar surface area (TPSA) is 74.0 Å². The fourth-order valence-corrected chi connectivity index (χ4v) is 4.36. The Balaban J connectivity index is 0.00000272. The van der Waals surface area contributed by atoms with Gasteiger partial charge in [0, 0.05) is 44.0 Å². The molecule has 1 heterocycles. The SMILES string of the molecule is I.NC(=NCCC(=O)N1CCN(c2ccccc2)CC1)Nc1cccc2c1CCCC2. The molecule has 4 rings (SSSR count). The molecule has 7 heteroatoms. The Morgan fingerprint density at radius 2 is 1.71 bits per heavy atom. The summed E-state index contributed by atoms with van der Waals surface area (Å²) in [6.07, 6.45) is 5.07. The van der Waals surface area contributed by atoms with E-state index < -0.39 is 0 Å². The summed E-state index contributed by atoms with van der Waals surface area (Å²) in [6, 6.07) is 16.7. The first-order chi connectivity index (χ1) is 14.7. The zero-order valence-corrected chi connectivity index (χ0v) is 20.3. The molecule has 3 N–H and O–H groups in total. The van der Waals surface area contributed by atoms with Crippen LogP contribution in [0.4, 0.5) is 11.4 Å². The Morgan fingerprint density at radius 1 is 0.968 bits per heavy atom. The summed E-state index contributed by atoms with van der Waals surface area (Å²) >= 11 is 0. The zero-order valence-electron chi connectivity index (χ0n) is 17.9. The van der Waals surface area contributed by atoms with Crippen LogP contribution in [-0.2, 0) is 17.6 Å². The number of hydrogen-bond donors (Lipinski definition) is 2. The van der Waals surface area contributed by atoms with Crippen molar-refractivity contribution in [3.63, 3.8) is 0 Å². The summed E-state index contributed by atoms with van der Waals surface area (Å²) in [5.41, 5.74) is 11.1. The minimum atomic E-state index is 0. The second kappa shape index (κ2) is 11.4. The normalized spacial score (nSPS) is 16.3. The molecule has 1 amide bonds. The third-order valence-corrected chi connectivity index (χ3v) is 6.02. The van der Waals surface area contributed by atoms with Crippen molar-refractivity contribution >= 4 is 47.2 Å². The van der Waals surface area contributed by atoms with Gasteiger partial charge in [0.1, 0.15) is 0 Å². The van der Waals surface area contributed by atoms with Gasteiger partial charge in [-0.3, -0.25) is 9.79 Å². The molecule has 2 aromatic carbocycles. The number of nitrogens with two attached hydrogens (primary N) is 1. The maximum absolute atomic E-state index is 12.5. The van der Waals surface area contributed by atoms with Gasteiger partial charge in [0.2, 0.25) is 5.91 Å². The summed E-state index contributed by atoms with van der Waals surface area (Å²) in [5, 5.41) is 3.24. The molecule has 2 aromatic rings. The van der Waals surface area contributed by atoms with E-state index in [1.54, 1.807) is 0 Å². The van der Waals surface area contributed by atoms with Crippen molar-refractivity contribution in [1.29, 1.82) is 0 Å². The molecule has 2 aliphatic rings. The number of benzene rings is 2. The molecule has 0 bridgehead atoms. The number of aryl methyl sites for hydroxylation is 1. The molecule has 166 valence electrons. The number of amides is 1. The van der Waals surface area contributed by atoms with Crippen LogP contribution in [0.5, 0.6) is 0 Å². The monoisotopic (exact) mass is 533 g/mol. The van der Waals surface area contributed by atoms with E-state index in [0.717, 1.165) is 44.7 Å². The van der Waals surface area contributed by atoms with Gasteiger partial charge in [0.25, 0.3) is 0 Å². The number of nitrogens with one attached hydrogen (secondary N) is 1. The number of halogens is 1. The maximum atomic E-state index is 12.5. The molecular formula is C24H32IN5O. The van der Waals surface area contributed by atoms with Crippen LogP contribution in [0, 0.1) is 0 Å². The molecule has 6 nitrogen and oxygen atoms in total. The maximum Gasteiger partial charge on any atom is 0.224 e. The molecule has 1 saturated heterocycles. The second-order valence-electron chi connectivity index (χ2n) is 8.00. The molecule has 31 heavy (non-hydrogen) atoms. The highest BCUT2D eigenvalue weighted by Gasteiger charge is 2.20. The van der Waals surface area contributed by atoms with Gasteiger partial charge >= 0.3 is 0 Å². The van der Waals surface area contributed by atoms with Crippen molar-refractivity contribution in [1.82, 2.24) is 4.90 Å². The first-order valence-corrected chi connectivity index (χ1v) is 11.0. The van der Waals surface area contributed by atoms with Crippen LogP contribution in [0.15, 0.2) is 53.5 Å². The largest absolute Gasteiger partial charge is 0.370 e. The lowest BCUT2D eigenvalue weighted by Crippen LogP contribution is -2.48. The number of hydrogen-bond acceptors (Lipinski definition) is 3. The summed E-state index contributed by atoms with van der Waals surface area (Å²) in [5.74, 6) is 0.534. The van der Waals surface area contributed by atoms with Gasteiger partial charge in [-0.25, -0.2) is 0 Å². The highest BCUT2D eigenvalue weighted by molar-refractivity contribution is 14.0. The van der Waals surface area contributed by atoms with Crippen molar-refractivity contribution in [3.8, 4) is 0 Å². The van der Waals surface area contributed by atoms with Crippen molar-refractivity contribution in [2.24, 2.45) is 10.7 Å². The number of rotatable bonds is 5. The summed E-state index contributed by atoms with van der Waals surface area (Å²) < 4.78 is 0. The highest BCUT2D eigenvalue weighted by atomic mass is 127. The quantitative estimate of drug-likeness (QED) is 0.350. The number of nitrogens with zero attached hydrogens (tertiary/aromatic N) is 3. The molecule has 0 spiro atoms. The number of para-hydroxylation sites is 1. The van der Waals surface area contributed by atoms with Gasteiger partial charge in [0.05, 0.1) is 6.54 Å². The molecule has 1 fully saturated rings. The zero-order chi connectivity index (χ0) is 20.8. The van der Waals surface area contributed by atoms with Gasteiger partial charge in [-0.05, 0) is 55.0 Å². The third-order valence-electron chi connectivity index (χ3n) is 6.02. The third kappa shape index (κ3) is 6.12. The van der Waals surface area contributed by atoms with Crippen LogP contribution < -0.4 is 16.0 Å². The summed E-state index contributed by atoms with van der Waals surface area (Å²) in [6.45, 7) is 3.64. The Bertz CT molecular complexity index is 894. The Kier molecular flexibility index (Phi) is 8.57. The van der Waals surface area contributed by atoms with Crippen molar-refractivity contribution in [3.05, 3.63) is 59.7 Å². The molecule has 0 radical (unpaired) electrons. The number of piperazine rings is 1. The lowest BCUT2D eigenvalue weighted by Gasteiger charge is -2.36. The van der Waals surface area contributed by atoms with E-state index in [1.165, 1.54) is 29.7 Å². The van der Waals surface area contributed by atoms with Crippen LogP contribution in [0.1, 0.15) is 30.4 Å². The minimum Gasteiger partial charge on any atom is -0.370 e. The molecule has 1 aliphatic carbocycles. The minimum absolute atomic E-state index is 0. The smallest absolute Gasteiger partial charge is 0.224 e. The van der Waals surface area contributed by atoms with Crippen LogP contribution in [0.2, 0.25) is 0 Å². The highest BCUT2D eigenvalue weighted by Crippen LogP contribution is 2.27. The van der Waals surface area contributed by atoms with Gasteiger partial charge in [-0.15, -0.1) is 24.0 Å². The van der Waals surface area contributed by atoms with Gasteiger partial charge < -0.3 is 20.9 Å². The number of anilines is 2. The van der Waals surface area contributed by atoms with E-state index >= 15 is 0 Å². The molecule has 0 saturated carbocycles. The van der Waals surface area contributed by atoms with Crippen LogP contribution >= 0.6 is 24.0 Å². The molecular weight excluding hydrogens is 501 g/mol. The van der Waals surface area contributed by atoms with E-state index in [0.29, 0.717) is 18.9 Å². The van der Waals surface area contributed by atoms with Crippen LogP contribution in [-0.4, -0.2) is 49.5 Å². The van der Waals surface area contributed by atoms with Crippen molar-refractivity contribution in [2.45, 2.75) is 32.1 Å². The van der Waals surface area contributed by atoms with Gasteiger partial charge in [0.15, 0.2) is 5.96 Å². The molecule has 0 unspecified atom stereocenters. The number of aliphatic imine (C=N–C) groups is 1. The Labute approximate surface area is 201 Å². The number of carbonyl (C=O) groups excluding carboxylic acids is 1. The van der Waals surface area contributed by atoms with E-state index in [9.17, 15) is 4.79 Å². The number of carbonyl (C=O) groups is 1. The first kappa shape index (κ1) is 23.4. The van der Waals surface area contributed by atoms with Gasteiger partial charge in [-0.2, -0.15) is 0 Å². The Morgan fingerprint density at radius 3 is 2.48 bits per heavy atom. The van der Waals surface area contributed by atoms with E-state index in [-0.39, 0.29) is 29.9 Å². The average molecular weight is 533 g/mol. The van der Waals surface area contributed by atoms with Crippen LogP contribution in [0.3, 0.4) is 0 Å². The number of fused-ring (bicyclic) bond motifs is 1. The fourth-order valence-electron chi connectivity index (χ4n) is 4.36. The lowest BCUT2D eigenvalue weighted by atomic mass is 9.90. The molecule has 1 aliphatic heterocycles. The standard InChI is InChI=1S/C24H31N5O.HI/c25-24(27-22-12-6-8-19-7-4-5-11-21(19)22)26-14-13-23(30)29-17-15-28(16-18-29)20-9-2-1-3-10-20;/h1-3,6,8-10,12H,4-5,7,11,13-18H2,(H3,25,26,27);1H. The van der Waals surface area contributed by atoms with Gasteiger partial charge in [-0.1, -0.05) is 30.3 Å².